The highest BCUT2D eigenvalue weighted by Gasteiger charge is 2.68. The number of alkyl carbamates (subject to hydrolysis) is 1. The summed E-state index contributed by atoms with van der Waals surface area (Å²) >= 11 is 0. The summed E-state index contributed by atoms with van der Waals surface area (Å²) in [4.78, 5) is 66.1. The first-order valence-corrected chi connectivity index (χ1v) is 21.7. The van der Waals surface area contributed by atoms with Crippen molar-refractivity contribution in [3.05, 3.63) is 29.5 Å². The lowest BCUT2D eigenvalue weighted by molar-refractivity contribution is -0.144. The van der Waals surface area contributed by atoms with Crippen molar-refractivity contribution in [1.29, 1.82) is 5.26 Å². The molecule has 3 saturated carbocycles. The maximum absolute atomic E-state index is 16.3. The van der Waals surface area contributed by atoms with Crippen LogP contribution >= 0.6 is 0 Å². The van der Waals surface area contributed by atoms with Crippen molar-refractivity contribution in [3.8, 4) is 11.9 Å². The van der Waals surface area contributed by atoms with E-state index in [2.05, 4.69) is 20.6 Å². The minimum atomic E-state index is -4.32. The minimum Gasteiger partial charge on any atom is -0.471 e. The summed E-state index contributed by atoms with van der Waals surface area (Å²) in [6, 6.07) is 3.14. The number of sulfonamides is 1. The second kappa shape index (κ2) is 15.3. The van der Waals surface area contributed by atoms with Crippen LogP contribution < -0.4 is 20.1 Å². The summed E-state index contributed by atoms with van der Waals surface area (Å²) in [6.07, 6.45) is -5.13. The number of nitrogens with zero attached hydrogens (tertiary/aromatic N) is 4. The molecule has 1 unspecified atom stereocenters. The first-order valence-electron chi connectivity index (χ1n) is 20.3. The monoisotopic (exact) mass is 863 g/mol. The Morgan fingerprint density at radius 2 is 1.80 bits per heavy atom. The summed E-state index contributed by atoms with van der Waals surface area (Å²) in [5, 5.41) is 14.6. The number of benzene rings is 1. The van der Waals surface area contributed by atoms with E-state index in [1.165, 1.54) is 25.1 Å². The molecule has 1 aromatic carbocycles. The van der Waals surface area contributed by atoms with Crippen LogP contribution in [-0.2, 0) is 35.1 Å². The molecule has 3 N–H and O–H groups in total. The quantitative estimate of drug-likeness (QED) is 0.322. The molecule has 2 bridgehead atoms. The molecule has 0 spiro atoms. The number of fused-ring (bicyclic) bond motifs is 5. The summed E-state index contributed by atoms with van der Waals surface area (Å²) < 4.78 is 100.0. The van der Waals surface area contributed by atoms with Gasteiger partial charge in [0, 0.05) is 12.3 Å². The highest BCUT2D eigenvalue weighted by atomic mass is 32.2. The van der Waals surface area contributed by atoms with Gasteiger partial charge in [0.05, 0.1) is 39.9 Å². The van der Waals surface area contributed by atoms with Gasteiger partial charge in [0.1, 0.15) is 29.8 Å². The van der Waals surface area contributed by atoms with Gasteiger partial charge in [-0.15, -0.1) is 0 Å². The molecule has 2 aromatic rings. The highest BCUT2D eigenvalue weighted by Crippen LogP contribution is 2.50. The van der Waals surface area contributed by atoms with Gasteiger partial charge in [-0.05, 0) is 81.4 Å². The zero-order valence-electron chi connectivity index (χ0n) is 33.9. The Bertz CT molecular complexity index is 2250. The number of nitriles is 1. The first kappa shape index (κ1) is 43.3. The molecule has 4 fully saturated rings. The Balaban J connectivity index is 1.30. The van der Waals surface area contributed by atoms with Crippen LogP contribution in [0.15, 0.2) is 18.2 Å². The van der Waals surface area contributed by atoms with E-state index in [1.54, 1.807) is 27.7 Å². The molecule has 326 valence electrons. The number of halogens is 4. The third kappa shape index (κ3) is 8.17. The highest BCUT2D eigenvalue weighted by molar-refractivity contribution is 7.91. The van der Waals surface area contributed by atoms with Gasteiger partial charge in [-0.25, -0.2) is 32.0 Å². The van der Waals surface area contributed by atoms with E-state index in [9.17, 15) is 41.6 Å². The SMILES string of the molecule is CC[C@@H]1C2CN(C(=O)[C@H](C(C)(C)C)NC(=O)O[C@@H]3C[C@H]3CCCCC(F)(F)c3nc4ccc(C#N)cc4nc3O2)[C@@H]1C(=O)N[C@]1(C(=O)NS(=O)(=O)C2(C)CC2)C[C@H]1C(F)F. The minimum absolute atomic E-state index is 0.0286. The Labute approximate surface area is 344 Å². The Kier molecular flexibility index (Phi) is 11.0. The van der Waals surface area contributed by atoms with Gasteiger partial charge in [-0.2, -0.15) is 14.0 Å². The molecule has 5 aliphatic rings. The molecule has 20 heteroatoms. The molecule has 15 nitrogen and oxygen atoms in total. The van der Waals surface area contributed by atoms with Gasteiger partial charge in [0.2, 0.25) is 34.1 Å². The lowest BCUT2D eigenvalue weighted by atomic mass is 9.85. The lowest BCUT2D eigenvalue weighted by Gasteiger charge is -2.36. The van der Waals surface area contributed by atoms with Crippen LogP contribution in [-0.4, -0.2) is 94.6 Å². The van der Waals surface area contributed by atoms with Gasteiger partial charge in [0.25, 0.3) is 11.8 Å². The molecule has 0 radical (unpaired) electrons. The van der Waals surface area contributed by atoms with Crippen molar-refractivity contribution >= 4 is 44.9 Å². The molecule has 60 heavy (non-hydrogen) atoms. The smallest absolute Gasteiger partial charge is 0.408 e. The fourth-order valence-corrected chi connectivity index (χ4v) is 9.71. The number of rotatable bonds is 7. The predicted molar refractivity (Wildman–Crippen MR) is 205 cm³/mol. The zero-order chi connectivity index (χ0) is 43.7. The maximum Gasteiger partial charge on any atom is 0.408 e. The number of aromatic nitrogens is 2. The van der Waals surface area contributed by atoms with E-state index in [0.29, 0.717) is 19.3 Å². The van der Waals surface area contributed by atoms with Crippen LogP contribution in [0.4, 0.5) is 22.4 Å². The number of alkyl halides is 4. The van der Waals surface area contributed by atoms with Crippen LogP contribution in [0.3, 0.4) is 0 Å². The number of carbonyl (C=O) groups is 4. The van der Waals surface area contributed by atoms with E-state index >= 15 is 8.78 Å². The Hall–Kier alpha value is -4.80. The molecule has 8 atom stereocenters. The van der Waals surface area contributed by atoms with Crippen LogP contribution in [0, 0.1) is 34.5 Å². The van der Waals surface area contributed by atoms with Gasteiger partial charge in [0.15, 0.2) is 5.69 Å². The third-order valence-electron chi connectivity index (χ3n) is 12.7. The second-order valence-corrected chi connectivity index (χ2v) is 20.4. The van der Waals surface area contributed by atoms with E-state index < -0.39 is 129 Å². The molecule has 4 amide bonds. The van der Waals surface area contributed by atoms with Crippen molar-refractivity contribution < 1.29 is 54.6 Å². The van der Waals surface area contributed by atoms with Crippen molar-refractivity contribution in [2.24, 2.45) is 23.2 Å². The summed E-state index contributed by atoms with van der Waals surface area (Å²) in [6.45, 7) is 7.53. The second-order valence-electron chi connectivity index (χ2n) is 18.2. The van der Waals surface area contributed by atoms with Gasteiger partial charge in [-0.1, -0.05) is 34.1 Å². The fraction of sp³-hybridized carbons (Fsp3) is 0.675. The average molecular weight is 864 g/mol. The molecule has 2 aliphatic heterocycles. The molecular weight excluding hydrogens is 815 g/mol. The fourth-order valence-electron chi connectivity index (χ4n) is 8.39. The zero-order valence-corrected chi connectivity index (χ0v) is 34.7. The van der Waals surface area contributed by atoms with Crippen LogP contribution in [0.25, 0.3) is 11.0 Å². The summed E-state index contributed by atoms with van der Waals surface area (Å²) in [5.74, 6) is -10.4. The van der Waals surface area contributed by atoms with Crippen molar-refractivity contribution in [2.45, 2.75) is 139 Å². The molecular formula is C40H49F4N7O8S. The van der Waals surface area contributed by atoms with Crippen LogP contribution in [0.1, 0.15) is 104 Å². The Morgan fingerprint density at radius 3 is 2.42 bits per heavy atom. The number of hydrogen-bond donors (Lipinski definition) is 3. The van der Waals surface area contributed by atoms with Crippen LogP contribution in [0.5, 0.6) is 5.88 Å². The van der Waals surface area contributed by atoms with Gasteiger partial charge in [-0.3, -0.25) is 19.1 Å². The summed E-state index contributed by atoms with van der Waals surface area (Å²) in [7, 11) is -4.32. The third-order valence-corrected chi connectivity index (χ3v) is 14.9. The number of carbonyl (C=O) groups excluding carboxylic acids is 4. The summed E-state index contributed by atoms with van der Waals surface area (Å²) in [5.41, 5.74) is -3.90. The maximum atomic E-state index is 16.3. The lowest BCUT2D eigenvalue weighted by Crippen LogP contribution is -2.61. The largest absolute Gasteiger partial charge is 0.471 e. The molecule has 1 aromatic heterocycles. The van der Waals surface area contributed by atoms with E-state index in [4.69, 9.17) is 9.47 Å². The van der Waals surface area contributed by atoms with E-state index in [-0.39, 0.29) is 48.2 Å². The van der Waals surface area contributed by atoms with Gasteiger partial charge < -0.3 is 25.0 Å². The van der Waals surface area contributed by atoms with Crippen LogP contribution in [0.2, 0.25) is 0 Å². The van der Waals surface area contributed by atoms with Crippen molar-refractivity contribution in [3.63, 3.8) is 0 Å². The number of hydrogen-bond acceptors (Lipinski definition) is 11. The van der Waals surface area contributed by atoms with Gasteiger partial charge >= 0.3 is 6.09 Å². The van der Waals surface area contributed by atoms with Crippen molar-refractivity contribution in [2.75, 3.05) is 6.54 Å². The molecule has 3 heterocycles. The number of amides is 4. The number of nitrogens with one attached hydrogen (secondary N) is 3. The average Bonchev–Trinajstić information content (AvgIpc) is 4.12. The normalized spacial score (nSPS) is 31.2. The predicted octanol–water partition coefficient (Wildman–Crippen LogP) is 4.82. The molecule has 1 saturated heterocycles. The topological polar surface area (TPSA) is 210 Å². The standard InChI is InChI=1S/C40H49F4N7O8S/c1-6-22-27-19-51(28(22)32(52)49-39(17-23(39)31(41)42)35(54)50-60(56,57)38(5)13-14-38)34(53)30(37(2,3)4)48-36(55)59-26-16-21(26)9-7-8-12-40(43,44)29-33(58-27)47-25-15-20(18-45)10-11-24(25)46-29/h10-11,15,21-23,26-28,30-31H,6-9,12-14,16-17,19H2,1-5H3,(H,48,55)(H,49,52)(H,50,54)/t21-,22-,23+,26-,27?,28+,30-,39-/m1/s1. The van der Waals surface area contributed by atoms with Crippen molar-refractivity contribution in [1.82, 2.24) is 30.2 Å². The molecule has 7 rings (SSSR count). The number of ether oxygens (including phenoxy) is 2. The van der Waals surface area contributed by atoms with E-state index in [0.717, 1.165) is 4.90 Å². The Morgan fingerprint density at radius 1 is 1.08 bits per heavy atom. The first-order chi connectivity index (χ1) is 28.0. The molecule has 3 aliphatic carbocycles. The van der Waals surface area contributed by atoms with E-state index in [1.807, 2.05) is 10.8 Å².